The van der Waals surface area contributed by atoms with Crippen molar-refractivity contribution in [2.24, 2.45) is 0 Å². The number of carbonyl (C=O) groups is 2. The fourth-order valence-corrected chi connectivity index (χ4v) is 5.09. The minimum absolute atomic E-state index is 0.173. The van der Waals surface area contributed by atoms with Crippen molar-refractivity contribution in [3.63, 3.8) is 0 Å². The third-order valence-corrected chi connectivity index (χ3v) is 7.36. The summed E-state index contributed by atoms with van der Waals surface area (Å²) in [6, 6.07) is 9.60. The summed E-state index contributed by atoms with van der Waals surface area (Å²) >= 11 is 0. The first-order valence-electron chi connectivity index (χ1n) is 15.0. The van der Waals surface area contributed by atoms with Gasteiger partial charge in [-0.1, -0.05) is 139 Å². The molecule has 1 aliphatic rings. The van der Waals surface area contributed by atoms with Crippen molar-refractivity contribution in [2.45, 2.75) is 141 Å². The maximum Gasteiger partial charge on any atom is 0.326 e. The summed E-state index contributed by atoms with van der Waals surface area (Å²) in [6.07, 6.45) is 23.3. The molecule has 1 heterocycles. The van der Waals surface area contributed by atoms with Crippen molar-refractivity contribution in [1.29, 1.82) is 0 Å². The highest BCUT2D eigenvalue weighted by atomic mass is 16.7. The third-order valence-electron chi connectivity index (χ3n) is 7.36. The first kappa shape index (κ1) is 30.5. The van der Waals surface area contributed by atoms with E-state index >= 15 is 0 Å². The molecule has 0 bridgehead atoms. The van der Waals surface area contributed by atoms with Gasteiger partial charge in [-0.3, -0.25) is 9.59 Å². The lowest BCUT2D eigenvalue weighted by Crippen LogP contribution is -2.52. The number of piperidine rings is 1. The van der Waals surface area contributed by atoms with Gasteiger partial charge in [0.15, 0.2) is 5.78 Å². The van der Waals surface area contributed by atoms with E-state index in [0.29, 0.717) is 12.8 Å². The van der Waals surface area contributed by atoms with Gasteiger partial charge in [0.25, 0.3) is 0 Å². The first-order valence-corrected chi connectivity index (χ1v) is 15.0. The summed E-state index contributed by atoms with van der Waals surface area (Å²) in [5.74, 6) is -0.0589. The van der Waals surface area contributed by atoms with Crippen LogP contribution >= 0.6 is 0 Å². The number of rotatable bonds is 21. The second kappa shape index (κ2) is 20.4. The van der Waals surface area contributed by atoms with Gasteiger partial charge >= 0.3 is 5.97 Å². The molecule has 2 rings (SSSR count). The van der Waals surface area contributed by atoms with Crippen LogP contribution in [0.5, 0.6) is 0 Å². The number of nitrogens with one attached hydrogen (secondary N) is 1. The number of hydrogen-bond acceptors (Lipinski definition) is 5. The highest BCUT2D eigenvalue weighted by Gasteiger charge is 2.29. The van der Waals surface area contributed by atoms with Crippen LogP contribution in [0.4, 0.5) is 0 Å². The number of carbonyl (C=O) groups excluding carboxylic acids is 2. The van der Waals surface area contributed by atoms with E-state index in [9.17, 15) is 9.59 Å². The largest absolute Gasteiger partial charge is 0.356 e. The Kier molecular flexibility index (Phi) is 17.2. The Labute approximate surface area is 220 Å². The predicted octanol–water partition coefficient (Wildman–Crippen LogP) is 7.88. The van der Waals surface area contributed by atoms with Crippen LogP contribution in [0.2, 0.25) is 0 Å². The number of benzene rings is 1. The van der Waals surface area contributed by atoms with Crippen molar-refractivity contribution in [3.8, 4) is 0 Å². The second-order valence-corrected chi connectivity index (χ2v) is 10.6. The van der Waals surface area contributed by atoms with Crippen LogP contribution in [0.3, 0.4) is 0 Å². The topological polar surface area (TPSA) is 58.6 Å². The monoisotopic (exact) mass is 500 g/mol. The molecule has 0 saturated carbocycles. The number of hydrogen-bond donors (Lipinski definition) is 1. The Morgan fingerprint density at radius 1 is 0.806 bits per heavy atom. The van der Waals surface area contributed by atoms with Gasteiger partial charge in [-0.15, -0.1) is 0 Å². The molecule has 1 aromatic rings. The normalized spacial score (nSPS) is 16.2. The molecular formula is C31H52N2O3. The highest BCUT2D eigenvalue weighted by Crippen LogP contribution is 2.18. The van der Waals surface area contributed by atoms with Crippen LogP contribution < -0.4 is 5.59 Å². The van der Waals surface area contributed by atoms with Crippen LogP contribution in [0.15, 0.2) is 30.3 Å². The standard InChI is InChI=1S/C31H52N2O3/c1-2-3-4-5-6-7-8-9-10-11-12-13-14-15-19-25-31(35)36-32-33-26-21-20-24-29(33)30(34)27-28-22-17-16-18-23-28/h16-18,22-23,29,32H,2-15,19-21,24-27H2,1H3. The molecule has 0 spiro atoms. The Balaban J connectivity index is 1.44. The predicted molar refractivity (Wildman–Crippen MR) is 148 cm³/mol. The van der Waals surface area contributed by atoms with E-state index in [1.54, 1.807) is 0 Å². The van der Waals surface area contributed by atoms with Crippen LogP contribution in [0.1, 0.15) is 134 Å². The van der Waals surface area contributed by atoms with Crippen LogP contribution in [0, 0.1) is 0 Å². The summed E-state index contributed by atoms with van der Waals surface area (Å²) in [5.41, 5.74) is 3.83. The molecule has 1 aliphatic heterocycles. The molecule has 1 aromatic carbocycles. The highest BCUT2D eigenvalue weighted by molar-refractivity contribution is 5.86. The minimum Gasteiger partial charge on any atom is -0.356 e. The Morgan fingerprint density at radius 3 is 1.94 bits per heavy atom. The van der Waals surface area contributed by atoms with E-state index in [1.807, 2.05) is 35.3 Å². The van der Waals surface area contributed by atoms with Gasteiger partial charge in [0.1, 0.15) is 0 Å². The van der Waals surface area contributed by atoms with Crippen molar-refractivity contribution in [2.75, 3.05) is 6.54 Å². The van der Waals surface area contributed by atoms with Crippen LogP contribution in [0.25, 0.3) is 0 Å². The zero-order valence-electron chi connectivity index (χ0n) is 23.0. The average Bonchev–Trinajstić information content (AvgIpc) is 2.90. The lowest BCUT2D eigenvalue weighted by Gasteiger charge is -2.33. The Hall–Kier alpha value is -1.72. The average molecular weight is 501 g/mol. The fourth-order valence-electron chi connectivity index (χ4n) is 5.09. The van der Waals surface area contributed by atoms with Gasteiger partial charge in [-0.05, 0) is 24.8 Å². The van der Waals surface area contributed by atoms with E-state index in [1.165, 1.54) is 83.5 Å². The summed E-state index contributed by atoms with van der Waals surface area (Å²) in [7, 11) is 0. The van der Waals surface area contributed by atoms with Gasteiger partial charge < -0.3 is 4.84 Å². The number of ketones is 1. The van der Waals surface area contributed by atoms with E-state index in [4.69, 9.17) is 4.84 Å². The molecule has 0 aromatic heterocycles. The second-order valence-electron chi connectivity index (χ2n) is 10.6. The fraction of sp³-hybridized carbons (Fsp3) is 0.742. The first-order chi connectivity index (χ1) is 17.7. The maximum atomic E-state index is 12.8. The van der Waals surface area contributed by atoms with Gasteiger partial charge in [-0.2, -0.15) is 0 Å². The lowest BCUT2D eigenvalue weighted by atomic mass is 9.96. The van der Waals surface area contributed by atoms with E-state index in [0.717, 1.165) is 44.2 Å². The lowest BCUT2D eigenvalue weighted by molar-refractivity contribution is -0.173. The molecule has 1 fully saturated rings. The molecule has 1 saturated heterocycles. The summed E-state index contributed by atoms with van der Waals surface area (Å²) in [5, 5.41) is 1.82. The molecule has 36 heavy (non-hydrogen) atoms. The zero-order chi connectivity index (χ0) is 25.7. The van der Waals surface area contributed by atoms with E-state index in [2.05, 4.69) is 12.5 Å². The minimum atomic E-state index is -0.238. The quantitative estimate of drug-likeness (QED) is 0.137. The van der Waals surface area contributed by atoms with Gasteiger partial charge in [-0.25, -0.2) is 5.01 Å². The molecule has 0 radical (unpaired) electrons. The molecule has 1 N–H and O–H groups in total. The third kappa shape index (κ3) is 14.1. The SMILES string of the molecule is CCCCCCCCCCCCCCCCCC(=O)ONN1CCCCC1C(=O)Cc1ccccc1. The number of unbranched alkanes of at least 4 members (excludes halogenated alkanes) is 14. The molecule has 1 atom stereocenters. The number of hydrazine groups is 1. The zero-order valence-corrected chi connectivity index (χ0v) is 23.0. The van der Waals surface area contributed by atoms with Gasteiger partial charge in [0.05, 0.1) is 6.04 Å². The maximum absolute atomic E-state index is 12.8. The van der Waals surface area contributed by atoms with Crippen molar-refractivity contribution < 1.29 is 14.4 Å². The number of Topliss-reactive ketones (excluding diaryl/α,β-unsaturated/α-hetero) is 1. The smallest absolute Gasteiger partial charge is 0.326 e. The summed E-state index contributed by atoms with van der Waals surface area (Å²) in [4.78, 5) is 30.3. The summed E-state index contributed by atoms with van der Waals surface area (Å²) < 4.78 is 0. The van der Waals surface area contributed by atoms with Gasteiger partial charge in [0, 0.05) is 19.4 Å². The Morgan fingerprint density at radius 2 is 1.36 bits per heavy atom. The molecule has 0 aliphatic carbocycles. The molecule has 204 valence electrons. The van der Waals surface area contributed by atoms with E-state index in [-0.39, 0.29) is 17.8 Å². The molecule has 5 nitrogen and oxygen atoms in total. The van der Waals surface area contributed by atoms with Gasteiger partial charge in [0.2, 0.25) is 0 Å². The number of nitrogens with zero attached hydrogens (tertiary/aromatic N) is 1. The summed E-state index contributed by atoms with van der Waals surface area (Å²) in [6.45, 7) is 2.99. The van der Waals surface area contributed by atoms with E-state index < -0.39 is 0 Å². The van der Waals surface area contributed by atoms with Crippen molar-refractivity contribution in [3.05, 3.63) is 35.9 Å². The molecule has 0 amide bonds. The van der Waals surface area contributed by atoms with Crippen molar-refractivity contribution >= 4 is 11.8 Å². The van der Waals surface area contributed by atoms with Crippen LogP contribution in [-0.4, -0.2) is 29.3 Å². The van der Waals surface area contributed by atoms with Crippen molar-refractivity contribution in [1.82, 2.24) is 10.6 Å². The molecule has 1 unspecified atom stereocenters. The molecule has 5 heteroatoms. The molecular weight excluding hydrogens is 448 g/mol. The van der Waals surface area contributed by atoms with Crippen LogP contribution in [-0.2, 0) is 20.8 Å². The Bertz CT molecular complexity index is 694.